The zero-order chi connectivity index (χ0) is 21.7. The smallest absolute Gasteiger partial charge is 0.267 e. The lowest BCUT2D eigenvalue weighted by Crippen LogP contribution is -2.48. The number of urea groups is 2. The van der Waals surface area contributed by atoms with Crippen molar-refractivity contribution in [2.45, 2.75) is 19.8 Å². The fourth-order valence-electron chi connectivity index (χ4n) is 2.52. The van der Waals surface area contributed by atoms with E-state index in [2.05, 4.69) is 11.0 Å². The number of hydroxylamine groups is 4. The molecular weight excluding hydrogens is 398 g/mol. The zero-order valence-corrected chi connectivity index (χ0v) is 16.8. The van der Waals surface area contributed by atoms with Gasteiger partial charge in [0.15, 0.2) is 0 Å². The first-order chi connectivity index (χ1) is 15.2. The van der Waals surface area contributed by atoms with E-state index in [0.29, 0.717) is 5.06 Å². The lowest BCUT2D eigenvalue weighted by molar-refractivity contribution is -0.114. The Hall–Kier alpha value is -3.72. The molecule has 0 aromatic heterocycles. The van der Waals surface area contributed by atoms with Crippen molar-refractivity contribution < 1.29 is 24.1 Å². The minimum absolute atomic E-state index is 0.000942. The second-order valence-corrected chi connectivity index (χ2v) is 6.42. The van der Waals surface area contributed by atoms with Crippen molar-refractivity contribution in [3.05, 3.63) is 108 Å². The van der Waals surface area contributed by atoms with Gasteiger partial charge >= 0.3 is 12.1 Å². The molecule has 31 heavy (non-hydrogen) atoms. The molecule has 3 rings (SSSR count). The van der Waals surface area contributed by atoms with Crippen LogP contribution in [0.3, 0.4) is 0 Å². The Morgan fingerprint density at radius 2 is 0.935 bits per heavy atom. The van der Waals surface area contributed by atoms with Gasteiger partial charge in [-0.05, 0) is 16.7 Å². The number of rotatable bonds is 9. The number of carbonyl (C=O) groups excluding carboxylic acids is 2. The van der Waals surface area contributed by atoms with Crippen LogP contribution in [0.1, 0.15) is 16.7 Å². The van der Waals surface area contributed by atoms with Gasteiger partial charge in [-0.1, -0.05) is 91.0 Å². The molecule has 0 aliphatic carbocycles. The summed E-state index contributed by atoms with van der Waals surface area (Å²) in [4.78, 5) is 40.8. The summed E-state index contributed by atoms with van der Waals surface area (Å²) in [5.74, 6) is 0. The van der Waals surface area contributed by atoms with Crippen molar-refractivity contribution >= 4 is 12.1 Å². The Morgan fingerprint density at radius 1 is 0.581 bits per heavy atom. The number of hydrogen-bond acceptors (Lipinski definition) is 5. The molecule has 2 N–H and O–H groups in total. The zero-order valence-electron chi connectivity index (χ0n) is 16.8. The molecule has 160 valence electrons. The van der Waals surface area contributed by atoms with E-state index in [1.807, 2.05) is 91.0 Å². The van der Waals surface area contributed by atoms with E-state index in [1.54, 1.807) is 0 Å². The third-order valence-corrected chi connectivity index (χ3v) is 4.05. The first kappa shape index (κ1) is 22.0. The maximum Gasteiger partial charge on any atom is 0.374 e. The van der Waals surface area contributed by atoms with Gasteiger partial charge in [0.2, 0.25) is 0 Å². The highest BCUT2D eigenvalue weighted by Gasteiger charge is 2.24. The molecule has 3 aromatic rings. The maximum absolute atomic E-state index is 12.5. The van der Waals surface area contributed by atoms with E-state index in [9.17, 15) is 9.59 Å². The van der Waals surface area contributed by atoms with Crippen LogP contribution in [0.25, 0.3) is 0 Å². The molecule has 0 bridgehead atoms. The first-order valence-electron chi connectivity index (χ1n) is 9.61. The summed E-state index contributed by atoms with van der Waals surface area (Å²) in [6, 6.07) is 25.9. The van der Waals surface area contributed by atoms with Gasteiger partial charge in [-0.15, -0.1) is 5.06 Å². The Morgan fingerprint density at radius 3 is 1.32 bits per heavy atom. The van der Waals surface area contributed by atoms with Crippen LogP contribution in [0, 0.1) is 0 Å². The molecule has 0 atom stereocenters. The molecule has 0 spiro atoms. The number of hydrogen-bond donors (Lipinski definition) is 2. The molecule has 0 saturated carbocycles. The first-order valence-corrected chi connectivity index (χ1v) is 9.61. The molecule has 0 aliphatic rings. The predicted molar refractivity (Wildman–Crippen MR) is 113 cm³/mol. The van der Waals surface area contributed by atoms with E-state index in [4.69, 9.17) is 14.5 Å². The molecule has 0 unspecified atom stereocenters. The monoisotopic (exact) mass is 421 g/mol. The van der Waals surface area contributed by atoms with Crippen molar-refractivity contribution in [1.82, 2.24) is 16.0 Å². The van der Waals surface area contributed by atoms with Crippen LogP contribution in [0.2, 0.25) is 0 Å². The molecule has 0 radical (unpaired) electrons. The van der Waals surface area contributed by atoms with E-state index in [1.165, 1.54) is 0 Å². The molecule has 0 saturated heterocycles. The lowest BCUT2D eigenvalue weighted by Gasteiger charge is -2.20. The van der Waals surface area contributed by atoms with Crippen molar-refractivity contribution in [2.24, 2.45) is 0 Å². The van der Waals surface area contributed by atoms with Crippen LogP contribution in [-0.4, -0.2) is 17.1 Å². The quantitative estimate of drug-likeness (QED) is 0.508. The average Bonchev–Trinajstić information content (AvgIpc) is 2.81. The summed E-state index contributed by atoms with van der Waals surface area (Å²) in [5.41, 5.74) is 6.90. The highest BCUT2D eigenvalue weighted by atomic mass is 16.7. The highest BCUT2D eigenvalue weighted by Crippen LogP contribution is 2.06. The third-order valence-electron chi connectivity index (χ3n) is 4.05. The fourth-order valence-corrected chi connectivity index (χ4v) is 2.52. The van der Waals surface area contributed by atoms with Gasteiger partial charge in [-0.3, -0.25) is 14.5 Å². The topological polar surface area (TPSA) is 89.1 Å². The Kier molecular flexibility index (Phi) is 8.57. The third kappa shape index (κ3) is 7.56. The SMILES string of the molecule is O=C(NOCc1ccccc1)N(OCc1ccccc1)C(=O)NOCc1ccccc1. The van der Waals surface area contributed by atoms with Crippen molar-refractivity contribution in [3.8, 4) is 0 Å². The van der Waals surface area contributed by atoms with E-state index in [-0.39, 0.29) is 19.8 Å². The molecule has 0 aliphatic heterocycles. The fraction of sp³-hybridized carbons (Fsp3) is 0.130. The Bertz CT molecular complexity index is 882. The van der Waals surface area contributed by atoms with E-state index in [0.717, 1.165) is 16.7 Å². The van der Waals surface area contributed by atoms with Gasteiger partial charge in [-0.2, -0.15) is 0 Å². The minimum Gasteiger partial charge on any atom is -0.267 e. The Labute approximate surface area is 180 Å². The van der Waals surface area contributed by atoms with Crippen LogP contribution in [0.15, 0.2) is 91.0 Å². The van der Waals surface area contributed by atoms with Crippen LogP contribution < -0.4 is 11.0 Å². The Balaban J connectivity index is 1.54. The summed E-state index contributed by atoms with van der Waals surface area (Å²) in [6.07, 6.45) is 0. The van der Waals surface area contributed by atoms with Crippen LogP contribution in [0.4, 0.5) is 9.59 Å². The normalized spacial score (nSPS) is 10.3. The molecule has 8 heteroatoms. The average molecular weight is 421 g/mol. The van der Waals surface area contributed by atoms with Gasteiger partial charge in [0, 0.05) is 0 Å². The summed E-state index contributed by atoms with van der Waals surface area (Å²) in [6.45, 7) is 0.259. The number of nitrogens with one attached hydrogen (secondary N) is 2. The minimum atomic E-state index is -0.896. The second kappa shape index (κ2) is 12.1. The van der Waals surface area contributed by atoms with E-state index >= 15 is 0 Å². The maximum atomic E-state index is 12.5. The number of nitrogens with zero attached hydrogens (tertiary/aromatic N) is 1. The van der Waals surface area contributed by atoms with Crippen molar-refractivity contribution in [3.63, 3.8) is 0 Å². The molecular formula is C23H23N3O5. The molecule has 0 heterocycles. The van der Waals surface area contributed by atoms with Gasteiger partial charge in [-0.25, -0.2) is 20.5 Å². The van der Waals surface area contributed by atoms with Crippen LogP contribution >= 0.6 is 0 Å². The van der Waals surface area contributed by atoms with E-state index < -0.39 is 12.1 Å². The second-order valence-electron chi connectivity index (χ2n) is 6.42. The van der Waals surface area contributed by atoms with Crippen molar-refractivity contribution in [1.29, 1.82) is 0 Å². The standard InChI is InChI=1S/C23H23N3O5/c27-22(24-29-16-19-10-4-1-5-11-19)26(31-18-21-14-8-3-9-15-21)23(28)25-30-17-20-12-6-2-7-13-20/h1-15H,16-18H2,(H,24,27)(H,25,28). The van der Waals surface area contributed by atoms with Gasteiger partial charge in [0.05, 0.1) is 13.2 Å². The highest BCUT2D eigenvalue weighted by molar-refractivity contribution is 5.91. The molecule has 3 aromatic carbocycles. The van der Waals surface area contributed by atoms with Crippen LogP contribution in [-0.2, 0) is 34.3 Å². The number of carbonyl (C=O) groups is 2. The summed E-state index contributed by atoms with van der Waals surface area (Å²) in [7, 11) is 0. The summed E-state index contributed by atoms with van der Waals surface area (Å²) in [5, 5.41) is 0.517. The summed E-state index contributed by atoms with van der Waals surface area (Å²) < 4.78 is 0. The van der Waals surface area contributed by atoms with Gasteiger partial charge in [0.25, 0.3) is 0 Å². The summed E-state index contributed by atoms with van der Waals surface area (Å²) >= 11 is 0. The van der Waals surface area contributed by atoms with Crippen LogP contribution in [0.5, 0.6) is 0 Å². The number of benzene rings is 3. The molecule has 4 amide bonds. The van der Waals surface area contributed by atoms with Gasteiger partial charge in [0.1, 0.15) is 6.61 Å². The van der Waals surface area contributed by atoms with Crippen molar-refractivity contribution in [2.75, 3.05) is 0 Å². The predicted octanol–water partition coefficient (Wildman–Crippen LogP) is 4.10. The molecule has 8 nitrogen and oxygen atoms in total. The van der Waals surface area contributed by atoms with Gasteiger partial charge < -0.3 is 0 Å². The number of imide groups is 1. The molecule has 0 fully saturated rings. The lowest BCUT2D eigenvalue weighted by atomic mass is 10.2. The largest absolute Gasteiger partial charge is 0.374 e. The number of amides is 4.